The second-order valence-corrected chi connectivity index (χ2v) is 6.91. The third-order valence-corrected chi connectivity index (χ3v) is 6.09. The van der Waals surface area contributed by atoms with Crippen molar-refractivity contribution in [3.63, 3.8) is 0 Å². The van der Waals surface area contributed by atoms with Crippen LogP contribution in [0.5, 0.6) is 0 Å². The zero-order valence-electron chi connectivity index (χ0n) is 11.6. The molecule has 3 fully saturated rings. The maximum atomic E-state index is 12.7. The number of hydrogen-bond donors (Lipinski definition) is 0. The molecule has 1 aromatic rings. The number of pyridine rings is 1. The van der Waals surface area contributed by atoms with Crippen molar-refractivity contribution in [3.05, 3.63) is 30.1 Å². The SMILES string of the molecule is CC1(C)N(C(=O)c2ccccn2)C[C@@H]2CC[C@H]3C[C@@]231. The van der Waals surface area contributed by atoms with Crippen LogP contribution in [0.3, 0.4) is 0 Å². The predicted octanol–water partition coefficient (Wildman–Crippen LogP) is 2.73. The number of hydrogen-bond acceptors (Lipinski definition) is 2. The van der Waals surface area contributed by atoms with Crippen molar-refractivity contribution < 1.29 is 4.79 Å². The van der Waals surface area contributed by atoms with Gasteiger partial charge in [0.25, 0.3) is 5.91 Å². The Hall–Kier alpha value is -1.38. The van der Waals surface area contributed by atoms with Gasteiger partial charge in [0.15, 0.2) is 0 Å². The van der Waals surface area contributed by atoms with Crippen LogP contribution in [0, 0.1) is 17.3 Å². The lowest BCUT2D eigenvalue weighted by Gasteiger charge is -2.36. The van der Waals surface area contributed by atoms with Gasteiger partial charge in [-0.15, -0.1) is 0 Å². The Morgan fingerprint density at radius 2 is 2.11 bits per heavy atom. The van der Waals surface area contributed by atoms with Crippen molar-refractivity contribution in [2.75, 3.05) is 6.54 Å². The van der Waals surface area contributed by atoms with E-state index in [1.165, 1.54) is 19.3 Å². The van der Waals surface area contributed by atoms with Gasteiger partial charge in [-0.3, -0.25) is 9.78 Å². The maximum Gasteiger partial charge on any atom is 0.272 e. The maximum absolute atomic E-state index is 12.7. The van der Waals surface area contributed by atoms with E-state index in [0.29, 0.717) is 11.1 Å². The van der Waals surface area contributed by atoms with Gasteiger partial charge in [-0.05, 0) is 57.1 Å². The molecule has 3 atom stereocenters. The third kappa shape index (κ3) is 1.24. The minimum atomic E-state index is -0.00651. The highest BCUT2D eigenvalue weighted by Gasteiger charge is 2.74. The number of nitrogens with zero attached hydrogens (tertiary/aromatic N) is 2. The van der Waals surface area contributed by atoms with Gasteiger partial charge in [0.05, 0.1) is 0 Å². The molecule has 3 nitrogen and oxygen atoms in total. The predicted molar refractivity (Wildman–Crippen MR) is 72.6 cm³/mol. The Kier molecular flexibility index (Phi) is 2.04. The second kappa shape index (κ2) is 3.38. The summed E-state index contributed by atoms with van der Waals surface area (Å²) in [4.78, 5) is 19.0. The fourth-order valence-electron chi connectivity index (χ4n) is 5.04. The molecule has 1 amide bonds. The first-order valence-electron chi connectivity index (χ1n) is 7.30. The van der Waals surface area contributed by atoms with E-state index in [9.17, 15) is 4.79 Å². The molecule has 2 saturated carbocycles. The van der Waals surface area contributed by atoms with Crippen molar-refractivity contribution in [1.82, 2.24) is 9.88 Å². The van der Waals surface area contributed by atoms with Gasteiger partial charge in [-0.1, -0.05) is 6.07 Å². The van der Waals surface area contributed by atoms with Crippen molar-refractivity contribution in [1.29, 1.82) is 0 Å². The molecule has 1 saturated heterocycles. The monoisotopic (exact) mass is 256 g/mol. The lowest BCUT2D eigenvalue weighted by molar-refractivity contribution is 0.0565. The van der Waals surface area contributed by atoms with Crippen molar-refractivity contribution >= 4 is 5.91 Å². The van der Waals surface area contributed by atoms with E-state index in [1.807, 2.05) is 18.2 Å². The average molecular weight is 256 g/mol. The fourth-order valence-corrected chi connectivity index (χ4v) is 5.04. The van der Waals surface area contributed by atoms with E-state index >= 15 is 0 Å². The number of amides is 1. The molecule has 2 heterocycles. The van der Waals surface area contributed by atoms with E-state index in [2.05, 4.69) is 23.7 Å². The molecule has 0 aromatic carbocycles. The molecule has 0 radical (unpaired) electrons. The molecule has 0 bridgehead atoms. The Labute approximate surface area is 114 Å². The van der Waals surface area contributed by atoms with Crippen molar-refractivity contribution in [2.45, 2.75) is 38.6 Å². The second-order valence-electron chi connectivity index (χ2n) is 6.91. The molecule has 4 rings (SSSR count). The van der Waals surface area contributed by atoms with Crippen molar-refractivity contribution in [2.24, 2.45) is 17.3 Å². The normalized spacial score (nSPS) is 37.9. The molecule has 2 aliphatic carbocycles. The van der Waals surface area contributed by atoms with Crippen LogP contribution in [0.4, 0.5) is 0 Å². The van der Waals surface area contributed by atoms with Crippen LogP contribution in [-0.2, 0) is 0 Å². The van der Waals surface area contributed by atoms with Gasteiger partial charge >= 0.3 is 0 Å². The van der Waals surface area contributed by atoms with Gasteiger partial charge in [-0.25, -0.2) is 0 Å². The largest absolute Gasteiger partial charge is 0.331 e. The number of carbonyl (C=O) groups is 1. The van der Waals surface area contributed by atoms with Gasteiger partial charge in [0, 0.05) is 23.7 Å². The number of likely N-dealkylation sites (tertiary alicyclic amines) is 1. The highest BCUT2D eigenvalue weighted by atomic mass is 16.2. The third-order valence-electron chi connectivity index (χ3n) is 6.09. The zero-order chi connectivity index (χ0) is 13.3. The van der Waals surface area contributed by atoms with E-state index in [-0.39, 0.29) is 11.4 Å². The molecule has 19 heavy (non-hydrogen) atoms. The number of aromatic nitrogens is 1. The summed E-state index contributed by atoms with van der Waals surface area (Å²) in [5.74, 6) is 1.70. The van der Waals surface area contributed by atoms with Crippen molar-refractivity contribution in [3.8, 4) is 0 Å². The average Bonchev–Trinajstić information content (AvgIpc) is 2.99. The molecule has 3 aliphatic rings. The minimum Gasteiger partial charge on any atom is -0.331 e. The van der Waals surface area contributed by atoms with E-state index in [0.717, 1.165) is 18.4 Å². The lowest BCUT2D eigenvalue weighted by Crippen LogP contribution is -2.47. The van der Waals surface area contributed by atoms with Gasteiger partial charge in [0.1, 0.15) is 5.69 Å². The van der Waals surface area contributed by atoms with E-state index in [1.54, 1.807) is 6.20 Å². The molecular formula is C16H20N2O. The summed E-state index contributed by atoms with van der Waals surface area (Å²) in [6.45, 7) is 5.46. The molecule has 1 aromatic heterocycles. The van der Waals surface area contributed by atoms with Crippen LogP contribution in [0.25, 0.3) is 0 Å². The Bertz CT molecular complexity index is 539. The molecule has 100 valence electrons. The summed E-state index contributed by atoms with van der Waals surface area (Å²) in [6.07, 6.45) is 5.71. The van der Waals surface area contributed by atoms with Gasteiger partial charge in [0.2, 0.25) is 0 Å². The van der Waals surface area contributed by atoms with Crippen LogP contribution in [0.15, 0.2) is 24.4 Å². The summed E-state index contributed by atoms with van der Waals surface area (Å²) < 4.78 is 0. The topological polar surface area (TPSA) is 33.2 Å². The van der Waals surface area contributed by atoms with Crippen LogP contribution in [0.1, 0.15) is 43.6 Å². The van der Waals surface area contributed by atoms with E-state index in [4.69, 9.17) is 0 Å². The lowest BCUT2D eigenvalue weighted by atomic mass is 9.79. The molecule has 3 heteroatoms. The first kappa shape index (κ1) is 11.4. The van der Waals surface area contributed by atoms with Crippen LogP contribution >= 0.6 is 0 Å². The molecular weight excluding hydrogens is 236 g/mol. The summed E-state index contributed by atoms with van der Waals surface area (Å²) in [5, 5.41) is 0. The highest BCUT2D eigenvalue weighted by molar-refractivity contribution is 5.93. The Morgan fingerprint density at radius 3 is 2.74 bits per heavy atom. The van der Waals surface area contributed by atoms with Crippen LogP contribution in [0.2, 0.25) is 0 Å². The molecule has 1 aliphatic heterocycles. The summed E-state index contributed by atoms with van der Waals surface area (Å²) >= 11 is 0. The van der Waals surface area contributed by atoms with Gasteiger partial charge in [-0.2, -0.15) is 0 Å². The standard InChI is InChI=1S/C16H20N2O/c1-15(2)16-9-11(16)6-7-12(16)10-18(15)14(19)13-5-3-4-8-17-13/h3-5,8,11-12H,6-7,9-10H2,1-2H3/t11-,12-,16-/m0/s1. The zero-order valence-corrected chi connectivity index (χ0v) is 11.6. The Balaban J connectivity index is 1.69. The Morgan fingerprint density at radius 1 is 1.32 bits per heavy atom. The first-order valence-corrected chi connectivity index (χ1v) is 7.30. The molecule has 1 spiro atoms. The number of carbonyl (C=O) groups excluding carboxylic acids is 1. The molecule has 0 N–H and O–H groups in total. The quantitative estimate of drug-likeness (QED) is 0.774. The highest BCUT2D eigenvalue weighted by Crippen LogP contribution is 2.75. The van der Waals surface area contributed by atoms with E-state index < -0.39 is 0 Å². The van der Waals surface area contributed by atoms with Crippen LogP contribution in [-0.4, -0.2) is 27.9 Å². The smallest absolute Gasteiger partial charge is 0.272 e. The summed E-state index contributed by atoms with van der Waals surface area (Å²) in [5.41, 5.74) is 1.01. The summed E-state index contributed by atoms with van der Waals surface area (Å²) in [7, 11) is 0. The first-order chi connectivity index (χ1) is 9.07. The fraction of sp³-hybridized carbons (Fsp3) is 0.625. The van der Waals surface area contributed by atoms with Crippen LogP contribution < -0.4 is 0 Å². The van der Waals surface area contributed by atoms with Gasteiger partial charge < -0.3 is 4.90 Å². The number of rotatable bonds is 1. The minimum absolute atomic E-state index is 0.00651. The molecule has 0 unspecified atom stereocenters. The summed E-state index contributed by atoms with van der Waals surface area (Å²) in [6, 6.07) is 5.58.